The molecular weight excluding hydrogens is 326 g/mol. The van der Waals surface area contributed by atoms with E-state index in [0.717, 1.165) is 64.0 Å². The Morgan fingerprint density at radius 3 is 2.58 bits per heavy atom. The second kappa shape index (κ2) is 8.13. The number of piperazine rings is 1. The minimum Gasteiger partial charge on any atom is -0.378 e. The first kappa shape index (κ1) is 17.4. The van der Waals surface area contributed by atoms with Crippen LogP contribution in [-0.4, -0.2) is 91.0 Å². The van der Waals surface area contributed by atoms with E-state index in [1.165, 1.54) is 11.8 Å². The second-order valence-corrected chi connectivity index (χ2v) is 7.16. The lowest BCUT2D eigenvalue weighted by atomic mass is 10.3. The minimum atomic E-state index is 0.172. The predicted octanol–water partition coefficient (Wildman–Crippen LogP) is 0.488. The Bertz CT molecular complexity index is 572. The van der Waals surface area contributed by atoms with E-state index in [2.05, 4.69) is 26.8 Å². The number of hydrogen-bond acceptors (Lipinski definition) is 7. The Balaban J connectivity index is 1.58. The van der Waals surface area contributed by atoms with Gasteiger partial charge in [0.15, 0.2) is 5.16 Å². The summed E-state index contributed by atoms with van der Waals surface area (Å²) in [6.07, 6.45) is 0. The fourth-order valence-corrected chi connectivity index (χ4v) is 3.62. The second-order valence-electron chi connectivity index (χ2n) is 6.22. The summed E-state index contributed by atoms with van der Waals surface area (Å²) in [5, 5.41) is 0.680. The fraction of sp³-hybridized carbons (Fsp3) is 0.688. The van der Waals surface area contributed by atoms with E-state index in [9.17, 15) is 4.79 Å². The molecule has 1 aromatic heterocycles. The molecule has 3 heterocycles. The molecule has 3 rings (SSSR count). The zero-order valence-corrected chi connectivity index (χ0v) is 15.2. The summed E-state index contributed by atoms with van der Waals surface area (Å²) in [4.78, 5) is 27.9. The average Bonchev–Trinajstić information content (AvgIpc) is 2.60. The van der Waals surface area contributed by atoms with E-state index in [1.54, 1.807) is 0 Å². The third-order valence-corrected chi connectivity index (χ3v) is 5.17. The number of morpholine rings is 1. The van der Waals surface area contributed by atoms with Crippen molar-refractivity contribution in [3.63, 3.8) is 0 Å². The molecule has 2 saturated heterocycles. The van der Waals surface area contributed by atoms with E-state index in [4.69, 9.17) is 4.74 Å². The van der Waals surface area contributed by atoms with Crippen molar-refractivity contribution in [3.05, 3.63) is 11.8 Å². The molecular formula is C16H25N5O2S. The summed E-state index contributed by atoms with van der Waals surface area (Å²) >= 11 is 1.43. The van der Waals surface area contributed by atoms with Crippen molar-refractivity contribution in [1.29, 1.82) is 0 Å². The maximum absolute atomic E-state index is 12.4. The lowest BCUT2D eigenvalue weighted by Crippen LogP contribution is -2.47. The number of carbonyl (C=O) groups is 1. The Morgan fingerprint density at radius 2 is 1.88 bits per heavy atom. The smallest absolute Gasteiger partial charge is 0.233 e. The number of carbonyl (C=O) groups excluding carboxylic acids is 1. The van der Waals surface area contributed by atoms with Gasteiger partial charge in [-0.2, -0.15) is 0 Å². The highest BCUT2D eigenvalue weighted by Gasteiger charge is 2.20. The van der Waals surface area contributed by atoms with Crippen LogP contribution < -0.4 is 4.90 Å². The SMILES string of the molecule is Cc1cc(N2CCOCC2)nc(SCC(=O)N2CCN(C)CC2)n1. The van der Waals surface area contributed by atoms with Crippen molar-refractivity contribution >= 4 is 23.5 Å². The maximum atomic E-state index is 12.4. The van der Waals surface area contributed by atoms with Crippen molar-refractivity contribution in [2.75, 3.05) is 70.2 Å². The van der Waals surface area contributed by atoms with Gasteiger partial charge < -0.3 is 19.4 Å². The number of thioether (sulfide) groups is 1. The van der Waals surface area contributed by atoms with Gasteiger partial charge in [-0.1, -0.05) is 11.8 Å². The van der Waals surface area contributed by atoms with E-state index in [-0.39, 0.29) is 5.91 Å². The number of hydrogen-bond donors (Lipinski definition) is 0. The van der Waals surface area contributed by atoms with Crippen molar-refractivity contribution in [2.45, 2.75) is 12.1 Å². The quantitative estimate of drug-likeness (QED) is 0.578. The number of likely N-dealkylation sites (N-methyl/N-ethyl adjacent to an activating group) is 1. The first-order valence-corrected chi connectivity index (χ1v) is 9.38. The first-order valence-electron chi connectivity index (χ1n) is 8.39. The van der Waals surface area contributed by atoms with Gasteiger partial charge in [0.1, 0.15) is 5.82 Å². The molecule has 24 heavy (non-hydrogen) atoms. The Morgan fingerprint density at radius 1 is 1.17 bits per heavy atom. The Kier molecular flexibility index (Phi) is 5.91. The monoisotopic (exact) mass is 351 g/mol. The lowest BCUT2D eigenvalue weighted by Gasteiger charge is -2.32. The summed E-state index contributed by atoms with van der Waals surface area (Å²) in [5.74, 6) is 1.50. The van der Waals surface area contributed by atoms with Crippen molar-refractivity contribution in [3.8, 4) is 0 Å². The van der Waals surface area contributed by atoms with Crippen LogP contribution in [0.15, 0.2) is 11.2 Å². The standard InChI is InChI=1S/C16H25N5O2S/c1-13-11-14(20-7-9-23-10-8-20)18-16(17-13)24-12-15(22)21-5-3-19(2)4-6-21/h11H,3-10,12H2,1-2H3. The molecule has 132 valence electrons. The molecule has 2 aliphatic heterocycles. The Labute approximate surface area is 147 Å². The molecule has 0 radical (unpaired) electrons. The molecule has 0 aromatic carbocycles. The zero-order chi connectivity index (χ0) is 16.9. The van der Waals surface area contributed by atoms with Crippen LogP contribution in [0.4, 0.5) is 5.82 Å². The molecule has 1 aromatic rings. The van der Waals surface area contributed by atoms with Crippen molar-refractivity contribution in [2.24, 2.45) is 0 Å². The summed E-state index contributed by atoms with van der Waals surface area (Å²) in [6.45, 7) is 8.63. The molecule has 0 atom stereocenters. The molecule has 2 fully saturated rings. The largest absolute Gasteiger partial charge is 0.378 e. The maximum Gasteiger partial charge on any atom is 0.233 e. The molecule has 1 amide bonds. The number of ether oxygens (including phenoxy) is 1. The minimum absolute atomic E-state index is 0.172. The molecule has 7 nitrogen and oxygen atoms in total. The zero-order valence-electron chi connectivity index (χ0n) is 14.4. The van der Waals surface area contributed by atoms with Crippen LogP contribution in [0.3, 0.4) is 0 Å². The molecule has 2 aliphatic rings. The normalized spacial score (nSPS) is 19.6. The van der Waals surface area contributed by atoms with Crippen LogP contribution in [0.5, 0.6) is 0 Å². The first-order chi connectivity index (χ1) is 11.6. The summed E-state index contributed by atoms with van der Waals surface area (Å²) in [5.41, 5.74) is 0.932. The predicted molar refractivity (Wildman–Crippen MR) is 94.6 cm³/mol. The van der Waals surface area contributed by atoms with Crippen LogP contribution in [0.1, 0.15) is 5.69 Å². The topological polar surface area (TPSA) is 61.8 Å². The molecule has 0 saturated carbocycles. The van der Waals surface area contributed by atoms with Gasteiger partial charge in [0.2, 0.25) is 5.91 Å². The van der Waals surface area contributed by atoms with Gasteiger partial charge in [-0.15, -0.1) is 0 Å². The van der Waals surface area contributed by atoms with Crippen LogP contribution in [0.2, 0.25) is 0 Å². The van der Waals surface area contributed by atoms with Gasteiger partial charge in [0.25, 0.3) is 0 Å². The van der Waals surface area contributed by atoms with Gasteiger partial charge in [0, 0.05) is 51.0 Å². The number of rotatable bonds is 4. The highest BCUT2D eigenvalue weighted by molar-refractivity contribution is 7.99. The van der Waals surface area contributed by atoms with Gasteiger partial charge in [-0.05, 0) is 14.0 Å². The van der Waals surface area contributed by atoms with E-state index in [0.29, 0.717) is 10.9 Å². The lowest BCUT2D eigenvalue weighted by molar-refractivity contribution is -0.129. The summed E-state index contributed by atoms with van der Waals surface area (Å²) in [6, 6.07) is 2.00. The number of amides is 1. The van der Waals surface area contributed by atoms with Gasteiger partial charge >= 0.3 is 0 Å². The van der Waals surface area contributed by atoms with E-state index < -0.39 is 0 Å². The summed E-state index contributed by atoms with van der Waals surface area (Å²) < 4.78 is 5.39. The van der Waals surface area contributed by atoms with Crippen LogP contribution in [-0.2, 0) is 9.53 Å². The number of anilines is 1. The molecule has 0 bridgehead atoms. The Hall–Kier alpha value is -1.38. The summed E-state index contributed by atoms with van der Waals surface area (Å²) in [7, 11) is 2.09. The van der Waals surface area contributed by atoms with Crippen molar-refractivity contribution in [1.82, 2.24) is 19.8 Å². The average molecular weight is 351 g/mol. The molecule has 0 aliphatic carbocycles. The van der Waals surface area contributed by atoms with Gasteiger partial charge in [0.05, 0.1) is 19.0 Å². The molecule has 0 N–H and O–H groups in total. The third-order valence-electron chi connectivity index (χ3n) is 4.34. The molecule has 0 spiro atoms. The number of aryl methyl sites for hydroxylation is 1. The highest BCUT2D eigenvalue weighted by Crippen LogP contribution is 2.20. The highest BCUT2D eigenvalue weighted by atomic mass is 32.2. The van der Waals surface area contributed by atoms with E-state index >= 15 is 0 Å². The van der Waals surface area contributed by atoms with Gasteiger partial charge in [-0.3, -0.25) is 4.79 Å². The van der Waals surface area contributed by atoms with Crippen molar-refractivity contribution < 1.29 is 9.53 Å². The van der Waals surface area contributed by atoms with Crippen LogP contribution >= 0.6 is 11.8 Å². The molecule has 8 heteroatoms. The fourth-order valence-electron chi connectivity index (χ4n) is 2.82. The van der Waals surface area contributed by atoms with Crippen LogP contribution in [0.25, 0.3) is 0 Å². The van der Waals surface area contributed by atoms with E-state index in [1.807, 2.05) is 17.9 Å². The number of aromatic nitrogens is 2. The number of nitrogens with zero attached hydrogens (tertiary/aromatic N) is 5. The third kappa shape index (κ3) is 4.58. The van der Waals surface area contributed by atoms with Gasteiger partial charge in [-0.25, -0.2) is 9.97 Å². The molecule has 0 unspecified atom stereocenters. The van der Waals surface area contributed by atoms with Crippen LogP contribution in [0, 0.1) is 6.92 Å².